The molecule has 6 nitrogen and oxygen atoms in total. The van der Waals surface area contributed by atoms with Crippen molar-refractivity contribution in [3.63, 3.8) is 0 Å². The van der Waals surface area contributed by atoms with Gasteiger partial charge in [0.15, 0.2) is 11.5 Å². The van der Waals surface area contributed by atoms with Crippen LogP contribution < -0.4 is 15.4 Å². The number of hydrogen-bond donors (Lipinski definition) is 2. The highest BCUT2D eigenvalue weighted by Crippen LogP contribution is 2.22. The molecule has 2 N–H and O–H groups in total. The summed E-state index contributed by atoms with van der Waals surface area (Å²) in [6, 6.07) is 16.6. The molecule has 0 unspecified atom stereocenters. The number of anilines is 2. The van der Waals surface area contributed by atoms with E-state index in [-0.39, 0.29) is 11.6 Å². The molecule has 0 saturated heterocycles. The molecular weight excluding hydrogens is 376 g/mol. The van der Waals surface area contributed by atoms with E-state index in [0.29, 0.717) is 23.8 Å². The maximum atomic E-state index is 12.3. The second kappa shape index (κ2) is 9.19. The first-order valence-corrected chi connectivity index (χ1v) is 9.21. The van der Waals surface area contributed by atoms with E-state index in [9.17, 15) is 4.79 Å². The van der Waals surface area contributed by atoms with E-state index >= 15 is 0 Å². The fraction of sp³-hybridized carbons (Fsp3) is 0.190. The van der Waals surface area contributed by atoms with Gasteiger partial charge >= 0.3 is 0 Å². The summed E-state index contributed by atoms with van der Waals surface area (Å²) >= 11 is 5.97. The predicted molar refractivity (Wildman–Crippen MR) is 111 cm³/mol. The monoisotopic (exact) mass is 396 g/mol. The lowest BCUT2D eigenvalue weighted by Crippen LogP contribution is -2.26. The van der Waals surface area contributed by atoms with Crippen LogP contribution >= 0.6 is 11.6 Å². The summed E-state index contributed by atoms with van der Waals surface area (Å²) in [7, 11) is 1.63. The fourth-order valence-electron chi connectivity index (χ4n) is 2.74. The number of methoxy groups -OCH3 is 1. The number of carbonyl (C=O) groups is 1. The van der Waals surface area contributed by atoms with E-state index in [2.05, 4.69) is 20.8 Å². The number of nitrogens with one attached hydrogen (secondary N) is 2. The summed E-state index contributed by atoms with van der Waals surface area (Å²) in [6.07, 6.45) is 0.665. The van der Waals surface area contributed by atoms with Gasteiger partial charge < -0.3 is 15.4 Å². The Morgan fingerprint density at radius 1 is 1.11 bits per heavy atom. The Morgan fingerprint density at radius 3 is 2.64 bits per heavy atom. The summed E-state index contributed by atoms with van der Waals surface area (Å²) in [5.41, 5.74) is 3.17. The number of carbonyl (C=O) groups excluding carboxylic acids is 1. The third-order valence-corrected chi connectivity index (χ3v) is 4.46. The highest BCUT2D eigenvalue weighted by Gasteiger charge is 2.09. The largest absolute Gasteiger partial charge is 0.496 e. The topological polar surface area (TPSA) is 76.1 Å². The third kappa shape index (κ3) is 4.98. The van der Waals surface area contributed by atoms with Crippen molar-refractivity contribution in [3.05, 3.63) is 76.4 Å². The Morgan fingerprint density at radius 2 is 1.93 bits per heavy atom. The average molecular weight is 397 g/mol. The molecule has 0 saturated carbocycles. The van der Waals surface area contributed by atoms with Crippen LogP contribution in [0.5, 0.6) is 5.75 Å². The zero-order chi connectivity index (χ0) is 19.9. The van der Waals surface area contributed by atoms with Crippen LogP contribution in [0.4, 0.5) is 11.5 Å². The van der Waals surface area contributed by atoms with Crippen LogP contribution in [0.1, 0.15) is 21.6 Å². The van der Waals surface area contributed by atoms with E-state index < -0.39 is 0 Å². The summed E-state index contributed by atoms with van der Waals surface area (Å²) in [5, 5.41) is 14.8. The molecule has 1 aromatic heterocycles. The van der Waals surface area contributed by atoms with Gasteiger partial charge in [0.05, 0.1) is 7.11 Å². The molecule has 0 spiro atoms. The molecule has 0 aliphatic rings. The van der Waals surface area contributed by atoms with Crippen molar-refractivity contribution < 1.29 is 9.53 Å². The van der Waals surface area contributed by atoms with Gasteiger partial charge in [0.2, 0.25) is 0 Å². The molecule has 3 aromatic rings. The first kappa shape index (κ1) is 19.6. The molecule has 0 fully saturated rings. The van der Waals surface area contributed by atoms with Crippen LogP contribution in [0.15, 0.2) is 54.6 Å². The van der Waals surface area contributed by atoms with Crippen LogP contribution in [-0.2, 0) is 6.42 Å². The number of hydrogen-bond acceptors (Lipinski definition) is 5. The van der Waals surface area contributed by atoms with Gasteiger partial charge in [-0.3, -0.25) is 4.79 Å². The number of nitrogens with zero attached hydrogens (tertiary/aromatic N) is 2. The van der Waals surface area contributed by atoms with Gasteiger partial charge in [-0.25, -0.2) is 0 Å². The molecule has 144 valence electrons. The first-order chi connectivity index (χ1) is 13.6. The molecule has 28 heavy (non-hydrogen) atoms. The minimum Gasteiger partial charge on any atom is -0.496 e. The van der Waals surface area contributed by atoms with Crippen LogP contribution in [0, 0.1) is 6.92 Å². The maximum absolute atomic E-state index is 12.3. The SMILES string of the molecule is COc1ccccc1CCNC(=O)c1ccc(Nc2ccc(Cl)cc2C)nn1. The quantitative estimate of drug-likeness (QED) is 0.627. The van der Waals surface area contributed by atoms with Gasteiger partial charge in [-0.2, -0.15) is 0 Å². The zero-order valence-corrected chi connectivity index (χ0v) is 16.5. The Labute approximate surface area is 168 Å². The molecule has 1 heterocycles. The second-order valence-electron chi connectivity index (χ2n) is 6.21. The van der Waals surface area contributed by atoms with Crippen LogP contribution in [0.3, 0.4) is 0 Å². The van der Waals surface area contributed by atoms with Crippen LogP contribution in [0.2, 0.25) is 5.02 Å². The Kier molecular flexibility index (Phi) is 6.45. The highest BCUT2D eigenvalue weighted by molar-refractivity contribution is 6.30. The number of amides is 1. The number of benzene rings is 2. The van der Waals surface area contributed by atoms with E-state index in [1.807, 2.05) is 43.3 Å². The normalized spacial score (nSPS) is 10.4. The van der Waals surface area contributed by atoms with Crippen molar-refractivity contribution in [3.8, 4) is 5.75 Å². The summed E-state index contributed by atoms with van der Waals surface area (Å²) in [6.45, 7) is 2.43. The van der Waals surface area contributed by atoms with E-state index in [1.54, 1.807) is 25.3 Å². The molecule has 1 amide bonds. The van der Waals surface area contributed by atoms with E-state index in [0.717, 1.165) is 22.6 Å². The van der Waals surface area contributed by atoms with Gasteiger partial charge in [0.25, 0.3) is 5.91 Å². The number of halogens is 1. The zero-order valence-electron chi connectivity index (χ0n) is 15.7. The second-order valence-corrected chi connectivity index (χ2v) is 6.64. The smallest absolute Gasteiger partial charge is 0.271 e. The Hall–Kier alpha value is -3.12. The molecule has 0 aliphatic heterocycles. The molecule has 2 aromatic carbocycles. The number of aromatic nitrogens is 2. The van der Waals surface area contributed by atoms with E-state index in [4.69, 9.17) is 16.3 Å². The Balaban J connectivity index is 1.56. The summed E-state index contributed by atoms with van der Waals surface area (Å²) < 4.78 is 5.32. The number of rotatable bonds is 7. The predicted octanol–water partition coefficient (Wildman–Crippen LogP) is 4.16. The average Bonchev–Trinajstić information content (AvgIpc) is 2.71. The van der Waals surface area contributed by atoms with Crippen molar-refractivity contribution >= 4 is 29.0 Å². The summed E-state index contributed by atoms with van der Waals surface area (Å²) in [4.78, 5) is 12.3. The lowest BCUT2D eigenvalue weighted by molar-refractivity contribution is 0.0948. The van der Waals surface area contributed by atoms with Crippen molar-refractivity contribution in [1.29, 1.82) is 0 Å². The first-order valence-electron chi connectivity index (χ1n) is 8.84. The molecule has 3 rings (SSSR count). The van der Waals surface area contributed by atoms with Gasteiger partial charge in [0, 0.05) is 17.3 Å². The molecule has 7 heteroatoms. The molecule has 0 bridgehead atoms. The number of para-hydroxylation sites is 1. The molecule has 0 radical (unpaired) electrons. The van der Waals surface area contributed by atoms with Crippen molar-refractivity contribution in [1.82, 2.24) is 15.5 Å². The van der Waals surface area contributed by atoms with Gasteiger partial charge in [0.1, 0.15) is 5.75 Å². The van der Waals surface area contributed by atoms with E-state index in [1.165, 1.54) is 0 Å². The van der Waals surface area contributed by atoms with Crippen LogP contribution in [0.25, 0.3) is 0 Å². The minimum absolute atomic E-state index is 0.262. The number of ether oxygens (including phenoxy) is 1. The Bertz CT molecular complexity index is 961. The standard InChI is InChI=1S/C21H21ClN4O2/c1-14-13-16(22)7-8-17(14)24-20-10-9-18(25-26-20)21(27)23-12-11-15-5-3-4-6-19(15)28-2/h3-10,13H,11-12H2,1-2H3,(H,23,27)(H,24,26). The lowest BCUT2D eigenvalue weighted by Gasteiger charge is -2.10. The van der Waals surface area contributed by atoms with Crippen molar-refractivity contribution in [2.45, 2.75) is 13.3 Å². The third-order valence-electron chi connectivity index (χ3n) is 4.22. The van der Waals surface area contributed by atoms with Crippen LogP contribution in [-0.4, -0.2) is 29.8 Å². The van der Waals surface area contributed by atoms with Gasteiger partial charge in [-0.15, -0.1) is 10.2 Å². The number of aryl methyl sites for hydroxylation is 1. The van der Waals surface area contributed by atoms with Crippen molar-refractivity contribution in [2.75, 3.05) is 19.0 Å². The summed E-state index contributed by atoms with van der Waals surface area (Å²) in [5.74, 6) is 1.09. The lowest BCUT2D eigenvalue weighted by atomic mass is 10.1. The molecule has 0 atom stereocenters. The van der Waals surface area contributed by atoms with Gasteiger partial charge in [-0.1, -0.05) is 29.8 Å². The fourth-order valence-corrected chi connectivity index (χ4v) is 2.96. The van der Waals surface area contributed by atoms with Crippen molar-refractivity contribution in [2.24, 2.45) is 0 Å². The highest BCUT2D eigenvalue weighted by atomic mass is 35.5. The minimum atomic E-state index is -0.267. The maximum Gasteiger partial charge on any atom is 0.271 e. The molecule has 0 aliphatic carbocycles. The van der Waals surface area contributed by atoms with Gasteiger partial charge in [-0.05, 0) is 60.9 Å². The molecular formula is C21H21ClN4O2.